The zero-order valence-corrected chi connectivity index (χ0v) is 8.08. The van der Waals surface area contributed by atoms with E-state index in [4.69, 9.17) is 22.0 Å². The summed E-state index contributed by atoms with van der Waals surface area (Å²) in [6, 6.07) is 0. The van der Waals surface area contributed by atoms with E-state index in [1.54, 1.807) is 0 Å². The molecule has 2 nitrogen and oxygen atoms in total. The van der Waals surface area contributed by atoms with Gasteiger partial charge in [-0.25, -0.2) is 0 Å². The fourth-order valence-corrected chi connectivity index (χ4v) is 0.625. The molecule has 0 aliphatic rings. The van der Waals surface area contributed by atoms with Crippen LogP contribution < -0.4 is 0 Å². The van der Waals surface area contributed by atoms with Crippen LogP contribution in [0, 0.1) is 0 Å². The second-order valence-electron chi connectivity index (χ2n) is 2.34. The minimum Gasteiger partial charge on any atom is -0.330 e. The van der Waals surface area contributed by atoms with Crippen LogP contribution in [0.15, 0.2) is 0 Å². The van der Waals surface area contributed by atoms with Crippen molar-refractivity contribution in [2.75, 3.05) is 6.61 Å². The van der Waals surface area contributed by atoms with Gasteiger partial charge in [-0.15, -0.1) is 0 Å². The summed E-state index contributed by atoms with van der Waals surface area (Å²) in [5, 5.41) is 0.529. The molecule has 0 aromatic rings. The lowest BCUT2D eigenvalue weighted by Crippen LogP contribution is -2.02. The first-order chi connectivity index (χ1) is 5.31. The topological polar surface area (TPSA) is 18.5 Å². The summed E-state index contributed by atoms with van der Waals surface area (Å²) >= 11 is 4.79. The van der Waals surface area contributed by atoms with Crippen molar-refractivity contribution in [3.63, 3.8) is 0 Å². The third-order valence-corrected chi connectivity index (χ3v) is 1.63. The van der Waals surface area contributed by atoms with Crippen LogP contribution in [0.25, 0.3) is 0 Å². The molecule has 0 spiro atoms. The molecule has 0 saturated carbocycles. The highest BCUT2D eigenvalue weighted by Crippen LogP contribution is 1.96. The minimum absolute atomic E-state index is 0.529. The van der Waals surface area contributed by atoms with Gasteiger partial charge in [0.2, 0.25) is 5.05 Å². The summed E-state index contributed by atoms with van der Waals surface area (Å²) in [6.45, 7) is 4.74. The van der Waals surface area contributed by atoms with Crippen LogP contribution in [-0.2, 0) is 9.78 Å². The van der Waals surface area contributed by atoms with Crippen LogP contribution >= 0.6 is 12.2 Å². The molecule has 11 heavy (non-hydrogen) atoms. The SMILES string of the molecule is CCCCCOOC(=S)CC. The van der Waals surface area contributed by atoms with Crippen molar-refractivity contribution in [1.29, 1.82) is 0 Å². The fourth-order valence-electron chi connectivity index (χ4n) is 0.577. The van der Waals surface area contributed by atoms with E-state index in [1.807, 2.05) is 6.92 Å². The van der Waals surface area contributed by atoms with Crippen molar-refractivity contribution >= 4 is 17.3 Å². The first-order valence-corrected chi connectivity index (χ1v) is 4.54. The number of thiocarbonyl (C=S) groups is 1. The lowest BCUT2D eigenvalue weighted by atomic mass is 10.3. The van der Waals surface area contributed by atoms with Crippen molar-refractivity contribution in [2.24, 2.45) is 0 Å². The number of unbranched alkanes of at least 4 members (excludes halogenated alkanes) is 2. The Hall–Kier alpha value is -0.150. The Kier molecular flexibility index (Phi) is 7.84. The predicted octanol–water partition coefficient (Wildman–Crippen LogP) is 2.86. The highest BCUT2D eigenvalue weighted by Gasteiger charge is 1.93. The maximum Gasteiger partial charge on any atom is 0.205 e. The molecule has 0 fully saturated rings. The Bertz CT molecular complexity index is 104. The van der Waals surface area contributed by atoms with Gasteiger partial charge in [0.05, 0.1) is 6.61 Å². The lowest BCUT2D eigenvalue weighted by molar-refractivity contribution is -0.221. The van der Waals surface area contributed by atoms with E-state index in [9.17, 15) is 0 Å². The molecular formula is C8H16O2S. The van der Waals surface area contributed by atoms with Crippen molar-refractivity contribution in [1.82, 2.24) is 0 Å². The van der Waals surface area contributed by atoms with Crippen molar-refractivity contribution in [3.05, 3.63) is 0 Å². The number of hydrogen-bond donors (Lipinski definition) is 0. The highest BCUT2D eigenvalue weighted by molar-refractivity contribution is 7.80. The predicted molar refractivity (Wildman–Crippen MR) is 49.5 cm³/mol. The molecule has 0 aromatic heterocycles. The zero-order chi connectivity index (χ0) is 8.53. The van der Waals surface area contributed by atoms with Crippen molar-refractivity contribution < 1.29 is 9.78 Å². The van der Waals surface area contributed by atoms with Crippen LogP contribution in [0.4, 0.5) is 0 Å². The lowest BCUT2D eigenvalue weighted by Gasteiger charge is -2.02. The highest BCUT2D eigenvalue weighted by atomic mass is 32.1. The Labute approximate surface area is 73.8 Å². The molecule has 66 valence electrons. The Morgan fingerprint density at radius 3 is 2.55 bits per heavy atom. The Morgan fingerprint density at radius 2 is 2.00 bits per heavy atom. The molecule has 0 aromatic carbocycles. The molecule has 0 aliphatic heterocycles. The maximum atomic E-state index is 4.85. The monoisotopic (exact) mass is 176 g/mol. The van der Waals surface area contributed by atoms with Crippen LogP contribution in [0.1, 0.15) is 39.5 Å². The van der Waals surface area contributed by atoms with E-state index in [-0.39, 0.29) is 0 Å². The first kappa shape index (κ1) is 10.8. The van der Waals surface area contributed by atoms with Gasteiger partial charge < -0.3 is 4.89 Å². The van der Waals surface area contributed by atoms with Gasteiger partial charge in [0.15, 0.2) is 0 Å². The minimum atomic E-state index is 0.529. The molecule has 0 bridgehead atoms. The van der Waals surface area contributed by atoms with Crippen LogP contribution in [0.2, 0.25) is 0 Å². The smallest absolute Gasteiger partial charge is 0.205 e. The second kappa shape index (κ2) is 7.95. The zero-order valence-electron chi connectivity index (χ0n) is 7.26. The molecule has 0 rings (SSSR count). The molecule has 0 heterocycles. The van der Waals surface area contributed by atoms with Crippen LogP contribution in [0.5, 0.6) is 0 Å². The normalized spacial score (nSPS) is 9.64. The number of rotatable bonds is 6. The van der Waals surface area contributed by atoms with E-state index >= 15 is 0 Å². The fraction of sp³-hybridized carbons (Fsp3) is 0.875. The average molecular weight is 176 g/mol. The summed E-state index contributed by atoms with van der Waals surface area (Å²) < 4.78 is 0. The summed E-state index contributed by atoms with van der Waals surface area (Å²) in [4.78, 5) is 9.62. The summed E-state index contributed by atoms with van der Waals surface area (Å²) in [7, 11) is 0. The largest absolute Gasteiger partial charge is 0.330 e. The van der Waals surface area contributed by atoms with Gasteiger partial charge in [0, 0.05) is 6.42 Å². The van der Waals surface area contributed by atoms with E-state index in [1.165, 1.54) is 12.8 Å². The van der Waals surface area contributed by atoms with Gasteiger partial charge >= 0.3 is 0 Å². The van der Waals surface area contributed by atoms with Gasteiger partial charge in [-0.05, 0) is 18.6 Å². The summed E-state index contributed by atoms with van der Waals surface area (Å²) in [5.41, 5.74) is 0. The Morgan fingerprint density at radius 1 is 1.27 bits per heavy atom. The summed E-state index contributed by atoms with van der Waals surface area (Å²) in [5.74, 6) is 0. The van der Waals surface area contributed by atoms with Crippen LogP contribution in [-0.4, -0.2) is 11.7 Å². The molecule has 3 heteroatoms. The van der Waals surface area contributed by atoms with Gasteiger partial charge in [-0.1, -0.05) is 26.7 Å². The summed E-state index contributed by atoms with van der Waals surface area (Å²) in [6.07, 6.45) is 4.16. The van der Waals surface area contributed by atoms with E-state index < -0.39 is 0 Å². The molecule has 0 radical (unpaired) electrons. The Balaban J connectivity index is 2.95. The van der Waals surface area contributed by atoms with E-state index in [0.29, 0.717) is 11.7 Å². The maximum absolute atomic E-state index is 4.85. The molecular weight excluding hydrogens is 160 g/mol. The third-order valence-electron chi connectivity index (χ3n) is 1.27. The standard InChI is InChI=1S/C8H16O2S/c1-3-5-6-7-9-10-8(11)4-2/h3-7H2,1-2H3. The molecule has 0 unspecified atom stereocenters. The van der Waals surface area contributed by atoms with Crippen molar-refractivity contribution in [3.8, 4) is 0 Å². The van der Waals surface area contributed by atoms with Crippen molar-refractivity contribution in [2.45, 2.75) is 39.5 Å². The van der Waals surface area contributed by atoms with E-state index in [0.717, 1.165) is 12.8 Å². The van der Waals surface area contributed by atoms with E-state index in [2.05, 4.69) is 6.92 Å². The molecule has 0 saturated heterocycles. The molecule has 0 amide bonds. The molecule has 0 aliphatic carbocycles. The molecule has 0 N–H and O–H groups in total. The average Bonchev–Trinajstić information content (AvgIpc) is 2.04. The van der Waals surface area contributed by atoms with Gasteiger partial charge in [0.25, 0.3) is 0 Å². The van der Waals surface area contributed by atoms with Crippen LogP contribution in [0.3, 0.4) is 0 Å². The molecule has 0 atom stereocenters. The van der Waals surface area contributed by atoms with Gasteiger partial charge in [-0.3, -0.25) is 0 Å². The first-order valence-electron chi connectivity index (χ1n) is 4.13. The third kappa shape index (κ3) is 7.75. The van der Waals surface area contributed by atoms with Gasteiger partial charge in [-0.2, -0.15) is 4.89 Å². The van der Waals surface area contributed by atoms with Gasteiger partial charge in [0.1, 0.15) is 0 Å². The number of hydrogen-bond acceptors (Lipinski definition) is 3. The second-order valence-corrected chi connectivity index (χ2v) is 2.79. The quantitative estimate of drug-likeness (QED) is 0.268.